The number of rotatable bonds is 8. The van der Waals surface area contributed by atoms with E-state index in [1.54, 1.807) is 29.6 Å². The number of thiophene rings is 1. The first-order chi connectivity index (χ1) is 16.1. The molecule has 0 saturated carbocycles. The van der Waals surface area contributed by atoms with Crippen molar-refractivity contribution in [1.29, 1.82) is 0 Å². The average molecular weight is 531 g/mol. The van der Waals surface area contributed by atoms with Gasteiger partial charge in [0.15, 0.2) is 0 Å². The van der Waals surface area contributed by atoms with E-state index in [0.29, 0.717) is 50.1 Å². The quantitative estimate of drug-likeness (QED) is 0.509. The number of piperazine rings is 1. The van der Waals surface area contributed by atoms with Gasteiger partial charge in [0.05, 0.1) is 25.5 Å². The van der Waals surface area contributed by atoms with Gasteiger partial charge >= 0.3 is 0 Å². The normalized spacial score (nSPS) is 23.3. The summed E-state index contributed by atoms with van der Waals surface area (Å²) in [5.74, 6) is 0.166. The second-order valence-corrected chi connectivity index (χ2v) is 13.4. The van der Waals surface area contributed by atoms with E-state index >= 15 is 0 Å². The zero-order valence-electron chi connectivity index (χ0n) is 18.9. The lowest BCUT2D eigenvalue weighted by atomic mass is 10.1. The minimum Gasteiger partial charge on any atom is -0.508 e. The number of anilines is 1. The van der Waals surface area contributed by atoms with Crippen LogP contribution in [-0.2, 0) is 24.8 Å². The standard InChI is InChI=1S/C21H30N4O6S3/c1-33(27,28)22-13-18-16-31-11-10-23(18)14-19-15-24(34(29,30)21-3-2-12-32-21)8-9-25(19)17-4-6-20(26)7-5-17/h2-7,12,18-19,22,26H,8-11,13-16H2,1H3/t18-,19+/m1/s1. The van der Waals surface area contributed by atoms with Crippen molar-refractivity contribution in [2.24, 2.45) is 0 Å². The van der Waals surface area contributed by atoms with Gasteiger partial charge in [-0.1, -0.05) is 6.07 Å². The number of benzene rings is 1. The van der Waals surface area contributed by atoms with E-state index in [0.717, 1.165) is 11.9 Å². The summed E-state index contributed by atoms with van der Waals surface area (Å²) in [4.78, 5) is 4.33. The van der Waals surface area contributed by atoms with E-state index in [1.165, 1.54) is 15.6 Å². The Morgan fingerprint density at radius 3 is 2.53 bits per heavy atom. The Balaban J connectivity index is 1.57. The number of phenols is 1. The number of morpholine rings is 1. The summed E-state index contributed by atoms with van der Waals surface area (Å²) in [7, 11) is -6.94. The first kappa shape index (κ1) is 25.4. The van der Waals surface area contributed by atoms with Crippen LogP contribution in [0.2, 0.25) is 0 Å². The molecule has 188 valence electrons. The molecule has 0 aliphatic carbocycles. The van der Waals surface area contributed by atoms with Crippen LogP contribution in [0.4, 0.5) is 5.69 Å². The van der Waals surface area contributed by atoms with Crippen molar-refractivity contribution >= 4 is 37.1 Å². The lowest BCUT2D eigenvalue weighted by Gasteiger charge is -2.46. The molecule has 1 aromatic heterocycles. The smallest absolute Gasteiger partial charge is 0.252 e. The highest BCUT2D eigenvalue weighted by molar-refractivity contribution is 7.91. The summed E-state index contributed by atoms with van der Waals surface area (Å²) in [6, 6.07) is 9.91. The summed E-state index contributed by atoms with van der Waals surface area (Å²) in [6.07, 6.45) is 1.13. The molecule has 10 nitrogen and oxygen atoms in total. The van der Waals surface area contributed by atoms with Gasteiger partial charge in [-0.25, -0.2) is 21.6 Å². The molecule has 2 saturated heterocycles. The number of ether oxygens (including phenoxy) is 1. The van der Waals surface area contributed by atoms with Crippen molar-refractivity contribution in [2.45, 2.75) is 16.3 Å². The van der Waals surface area contributed by atoms with Gasteiger partial charge in [0.2, 0.25) is 10.0 Å². The molecule has 0 spiro atoms. The average Bonchev–Trinajstić information content (AvgIpc) is 3.35. The number of sulfonamides is 2. The van der Waals surface area contributed by atoms with Gasteiger partial charge in [0.1, 0.15) is 9.96 Å². The van der Waals surface area contributed by atoms with Gasteiger partial charge in [-0.15, -0.1) is 11.3 Å². The lowest BCUT2D eigenvalue weighted by Crippen LogP contribution is -2.61. The zero-order valence-corrected chi connectivity index (χ0v) is 21.4. The summed E-state index contributed by atoms with van der Waals surface area (Å²) in [5.41, 5.74) is 0.898. The van der Waals surface area contributed by atoms with Crippen molar-refractivity contribution < 1.29 is 26.7 Å². The number of hydrogen-bond acceptors (Lipinski definition) is 9. The predicted molar refractivity (Wildman–Crippen MR) is 131 cm³/mol. The van der Waals surface area contributed by atoms with Crippen LogP contribution in [0.3, 0.4) is 0 Å². The fourth-order valence-corrected chi connectivity index (χ4v) is 7.47. The second kappa shape index (κ2) is 10.5. The van der Waals surface area contributed by atoms with Crippen molar-refractivity contribution in [3.8, 4) is 5.75 Å². The van der Waals surface area contributed by atoms with Gasteiger partial charge < -0.3 is 14.7 Å². The number of aromatic hydroxyl groups is 1. The zero-order chi connectivity index (χ0) is 24.3. The van der Waals surface area contributed by atoms with Gasteiger partial charge in [-0.3, -0.25) is 4.90 Å². The fourth-order valence-electron chi connectivity index (χ4n) is 4.36. The van der Waals surface area contributed by atoms with Gasteiger partial charge in [-0.2, -0.15) is 4.31 Å². The number of phenolic OH excluding ortho intramolecular Hbond substituents is 1. The van der Waals surface area contributed by atoms with Crippen LogP contribution in [0.25, 0.3) is 0 Å². The van der Waals surface area contributed by atoms with Gasteiger partial charge in [-0.05, 0) is 35.7 Å². The molecular formula is C21H30N4O6S3. The molecule has 0 amide bonds. The van der Waals surface area contributed by atoms with Crippen LogP contribution in [-0.4, -0.2) is 102 Å². The summed E-state index contributed by atoms with van der Waals surface area (Å²) in [6.45, 7) is 3.44. The third-order valence-electron chi connectivity index (χ3n) is 6.09. The summed E-state index contributed by atoms with van der Waals surface area (Å²) in [5, 5.41) is 11.5. The molecule has 2 atom stereocenters. The maximum Gasteiger partial charge on any atom is 0.252 e. The molecule has 2 fully saturated rings. The maximum absolute atomic E-state index is 13.2. The molecule has 1 aromatic carbocycles. The van der Waals surface area contributed by atoms with Crippen LogP contribution in [0, 0.1) is 0 Å². The number of nitrogens with zero attached hydrogens (tertiary/aromatic N) is 3. The molecule has 34 heavy (non-hydrogen) atoms. The largest absolute Gasteiger partial charge is 0.508 e. The van der Waals surface area contributed by atoms with Crippen LogP contribution in [0.15, 0.2) is 46.0 Å². The van der Waals surface area contributed by atoms with E-state index in [2.05, 4.69) is 14.5 Å². The molecule has 0 unspecified atom stereocenters. The number of hydrogen-bond donors (Lipinski definition) is 2. The minimum absolute atomic E-state index is 0.158. The van der Waals surface area contributed by atoms with E-state index in [1.807, 2.05) is 12.1 Å². The topological polar surface area (TPSA) is 119 Å². The molecule has 3 heterocycles. The van der Waals surface area contributed by atoms with Crippen LogP contribution in [0.1, 0.15) is 0 Å². The highest BCUT2D eigenvalue weighted by Crippen LogP contribution is 2.28. The monoisotopic (exact) mass is 530 g/mol. The molecule has 0 bridgehead atoms. The third kappa shape index (κ3) is 6.08. The molecule has 4 rings (SSSR count). The van der Waals surface area contributed by atoms with Gasteiger partial charge in [0.25, 0.3) is 10.0 Å². The van der Waals surface area contributed by atoms with Crippen LogP contribution in [0.5, 0.6) is 5.75 Å². The van der Waals surface area contributed by atoms with E-state index in [-0.39, 0.29) is 24.4 Å². The molecule has 2 N–H and O–H groups in total. The Morgan fingerprint density at radius 1 is 1.09 bits per heavy atom. The molecule has 2 aromatic rings. The Kier molecular flexibility index (Phi) is 7.82. The van der Waals surface area contributed by atoms with Crippen LogP contribution >= 0.6 is 11.3 Å². The highest BCUT2D eigenvalue weighted by atomic mass is 32.2. The molecule has 2 aliphatic heterocycles. The molecule has 2 aliphatic rings. The fraction of sp³-hybridized carbons (Fsp3) is 0.524. The summed E-state index contributed by atoms with van der Waals surface area (Å²) >= 11 is 1.21. The van der Waals surface area contributed by atoms with Crippen molar-refractivity contribution in [1.82, 2.24) is 13.9 Å². The number of nitrogens with one attached hydrogen (secondary N) is 1. The Hall–Kier alpha value is -1.74. The second-order valence-electron chi connectivity index (χ2n) is 8.50. The predicted octanol–water partition coefficient (Wildman–Crippen LogP) is 0.583. The first-order valence-electron chi connectivity index (χ1n) is 11.0. The molecule has 0 radical (unpaired) electrons. The SMILES string of the molecule is CS(=O)(=O)NC[C@@H]1COCCN1C[C@H]1CN(S(=O)(=O)c2cccs2)CCN1c1ccc(O)cc1. The molecule has 13 heteroatoms. The first-order valence-corrected chi connectivity index (χ1v) is 15.2. The van der Waals surface area contributed by atoms with E-state index < -0.39 is 20.0 Å². The van der Waals surface area contributed by atoms with Crippen molar-refractivity contribution in [3.05, 3.63) is 41.8 Å². The maximum atomic E-state index is 13.2. The van der Waals surface area contributed by atoms with Crippen molar-refractivity contribution in [2.75, 3.05) is 63.6 Å². The van der Waals surface area contributed by atoms with E-state index in [4.69, 9.17) is 4.74 Å². The van der Waals surface area contributed by atoms with Gasteiger partial charge in [0, 0.05) is 51.0 Å². The Morgan fingerprint density at radius 2 is 1.85 bits per heavy atom. The van der Waals surface area contributed by atoms with E-state index in [9.17, 15) is 21.9 Å². The molecular weight excluding hydrogens is 500 g/mol. The van der Waals surface area contributed by atoms with Crippen LogP contribution < -0.4 is 9.62 Å². The van der Waals surface area contributed by atoms with Crippen molar-refractivity contribution in [3.63, 3.8) is 0 Å². The lowest BCUT2D eigenvalue weighted by molar-refractivity contribution is -0.00912. The minimum atomic E-state index is -3.60. The summed E-state index contributed by atoms with van der Waals surface area (Å²) < 4.78 is 59.7. The third-order valence-corrected chi connectivity index (χ3v) is 10.0. The highest BCUT2D eigenvalue weighted by Gasteiger charge is 2.37. The Labute approximate surface area is 204 Å². The Bertz CT molecular complexity index is 1160.